The number of benzene rings is 2. The van der Waals surface area contributed by atoms with E-state index in [4.69, 9.17) is 11.6 Å². The van der Waals surface area contributed by atoms with Crippen LogP contribution >= 0.6 is 11.6 Å². The van der Waals surface area contributed by atoms with Crippen molar-refractivity contribution >= 4 is 11.6 Å². The predicted molar refractivity (Wildman–Crippen MR) is 83.0 cm³/mol. The lowest BCUT2D eigenvalue weighted by Crippen LogP contribution is -2.35. The molecule has 2 aliphatic rings. The maximum absolute atomic E-state index is 10.3. The number of aromatic hydroxyl groups is 2. The van der Waals surface area contributed by atoms with Gasteiger partial charge in [0, 0.05) is 23.2 Å². The van der Waals surface area contributed by atoms with Crippen molar-refractivity contribution in [3.63, 3.8) is 0 Å². The van der Waals surface area contributed by atoms with Gasteiger partial charge in [0.25, 0.3) is 0 Å². The quantitative estimate of drug-likeness (QED) is 0.732. The van der Waals surface area contributed by atoms with Crippen LogP contribution in [0.15, 0.2) is 24.3 Å². The molecule has 0 bridgehead atoms. The van der Waals surface area contributed by atoms with E-state index in [9.17, 15) is 10.2 Å². The van der Waals surface area contributed by atoms with E-state index in [1.807, 2.05) is 18.2 Å². The number of nitrogens with zero attached hydrogens (tertiary/aromatic N) is 1. The zero-order valence-corrected chi connectivity index (χ0v) is 12.5. The summed E-state index contributed by atoms with van der Waals surface area (Å²) in [5.74, 6) is -0.117. The molecule has 0 amide bonds. The third-order valence-corrected chi connectivity index (χ3v) is 4.97. The van der Waals surface area contributed by atoms with E-state index in [2.05, 4.69) is 11.9 Å². The number of phenols is 2. The molecule has 0 saturated carbocycles. The highest BCUT2D eigenvalue weighted by molar-refractivity contribution is 6.31. The normalized spacial score (nSPS) is 20.0. The molecule has 1 aliphatic carbocycles. The SMILES string of the molecule is CN1CCc2cc(Cl)cc3c2[C@H]1Cc1ccc(O)c(O)c1-3. The average Bonchev–Trinajstić information content (AvgIpc) is 2.46. The van der Waals surface area contributed by atoms with Gasteiger partial charge in [0.15, 0.2) is 11.5 Å². The van der Waals surface area contributed by atoms with Gasteiger partial charge < -0.3 is 10.2 Å². The first-order valence-electron chi connectivity index (χ1n) is 7.13. The number of halogens is 1. The third-order valence-electron chi connectivity index (χ3n) is 4.76. The highest BCUT2D eigenvalue weighted by atomic mass is 35.5. The molecule has 0 unspecified atom stereocenters. The molecule has 0 fully saturated rings. The Morgan fingerprint density at radius 1 is 1.19 bits per heavy atom. The molecule has 0 saturated heterocycles. The highest BCUT2D eigenvalue weighted by Crippen LogP contribution is 2.50. The van der Waals surface area contributed by atoms with Crippen molar-refractivity contribution in [2.75, 3.05) is 13.6 Å². The van der Waals surface area contributed by atoms with Crippen LogP contribution in [0, 0.1) is 0 Å². The highest BCUT2D eigenvalue weighted by Gasteiger charge is 2.34. The number of fused-ring (bicyclic) bond motifs is 2. The van der Waals surface area contributed by atoms with Crippen LogP contribution < -0.4 is 0 Å². The van der Waals surface area contributed by atoms with Gasteiger partial charge in [-0.05, 0) is 60.3 Å². The first kappa shape index (κ1) is 13.0. The Hall–Kier alpha value is -1.71. The Labute approximate surface area is 128 Å². The number of hydrogen-bond donors (Lipinski definition) is 2. The zero-order chi connectivity index (χ0) is 14.7. The van der Waals surface area contributed by atoms with Gasteiger partial charge in [-0.25, -0.2) is 0 Å². The third kappa shape index (κ3) is 1.78. The van der Waals surface area contributed by atoms with Crippen molar-refractivity contribution in [3.8, 4) is 22.6 Å². The van der Waals surface area contributed by atoms with Crippen LogP contribution in [0.5, 0.6) is 11.5 Å². The minimum atomic E-state index is -0.0786. The number of hydrogen-bond acceptors (Lipinski definition) is 3. The van der Waals surface area contributed by atoms with Crippen LogP contribution in [0.4, 0.5) is 0 Å². The van der Waals surface area contributed by atoms with E-state index >= 15 is 0 Å². The van der Waals surface area contributed by atoms with Gasteiger partial charge in [-0.1, -0.05) is 17.7 Å². The maximum atomic E-state index is 10.3. The van der Waals surface area contributed by atoms with Crippen molar-refractivity contribution in [3.05, 3.63) is 46.0 Å². The average molecular weight is 302 g/mol. The Morgan fingerprint density at radius 3 is 2.81 bits per heavy atom. The molecule has 2 aromatic carbocycles. The first-order valence-corrected chi connectivity index (χ1v) is 7.51. The fraction of sp³-hybridized carbons (Fsp3) is 0.294. The monoisotopic (exact) mass is 301 g/mol. The second kappa shape index (κ2) is 4.39. The number of phenolic OH excluding ortho intramolecular Hbond substituents is 2. The molecular formula is C17H16ClNO2. The van der Waals surface area contributed by atoms with Gasteiger partial charge in [0.05, 0.1) is 0 Å². The van der Waals surface area contributed by atoms with Crippen molar-refractivity contribution in [1.82, 2.24) is 4.90 Å². The topological polar surface area (TPSA) is 43.7 Å². The summed E-state index contributed by atoms with van der Waals surface area (Å²) in [5, 5.41) is 20.8. The minimum absolute atomic E-state index is 0.0383. The molecule has 4 rings (SSSR count). The van der Waals surface area contributed by atoms with Gasteiger partial charge in [-0.3, -0.25) is 4.90 Å². The smallest absolute Gasteiger partial charge is 0.165 e. The molecule has 2 aromatic rings. The minimum Gasteiger partial charge on any atom is -0.504 e. The van der Waals surface area contributed by atoms with E-state index in [1.54, 1.807) is 6.07 Å². The van der Waals surface area contributed by atoms with Crippen LogP contribution in [-0.2, 0) is 12.8 Å². The second-order valence-corrected chi connectivity index (χ2v) is 6.38. The predicted octanol–water partition coefficient (Wildman–Crippen LogP) is 3.50. The van der Waals surface area contributed by atoms with Gasteiger partial charge in [-0.15, -0.1) is 0 Å². The van der Waals surface area contributed by atoms with E-state index < -0.39 is 0 Å². The van der Waals surface area contributed by atoms with E-state index in [-0.39, 0.29) is 11.5 Å². The Kier molecular flexibility index (Phi) is 2.72. The van der Waals surface area contributed by atoms with Crippen LogP contribution in [-0.4, -0.2) is 28.7 Å². The molecule has 0 spiro atoms. The fourth-order valence-corrected chi connectivity index (χ4v) is 3.95. The van der Waals surface area contributed by atoms with Crippen LogP contribution in [0.25, 0.3) is 11.1 Å². The van der Waals surface area contributed by atoms with Crippen LogP contribution in [0.1, 0.15) is 22.7 Å². The molecule has 0 aromatic heterocycles. The van der Waals surface area contributed by atoms with Crippen molar-refractivity contribution in [1.29, 1.82) is 0 Å². The lowest BCUT2D eigenvalue weighted by Gasteiger charge is -2.40. The molecule has 1 aliphatic heterocycles. The van der Waals surface area contributed by atoms with E-state index in [1.165, 1.54) is 11.1 Å². The van der Waals surface area contributed by atoms with E-state index in [0.717, 1.165) is 36.1 Å². The largest absolute Gasteiger partial charge is 0.504 e. The second-order valence-electron chi connectivity index (χ2n) is 5.94. The molecule has 2 N–H and O–H groups in total. The van der Waals surface area contributed by atoms with Crippen LogP contribution in [0.2, 0.25) is 5.02 Å². The molecule has 1 heterocycles. The summed E-state index contributed by atoms with van der Waals surface area (Å²) in [6.45, 7) is 1.01. The summed E-state index contributed by atoms with van der Waals surface area (Å²) >= 11 is 6.27. The molecule has 3 nitrogen and oxygen atoms in total. The van der Waals surface area contributed by atoms with Gasteiger partial charge in [-0.2, -0.15) is 0 Å². The Balaban J connectivity index is 2.08. The van der Waals surface area contributed by atoms with Crippen LogP contribution in [0.3, 0.4) is 0 Å². The Morgan fingerprint density at radius 2 is 2.00 bits per heavy atom. The van der Waals surface area contributed by atoms with Gasteiger partial charge >= 0.3 is 0 Å². The van der Waals surface area contributed by atoms with Crippen molar-refractivity contribution in [2.24, 2.45) is 0 Å². The molecule has 4 heteroatoms. The van der Waals surface area contributed by atoms with Crippen molar-refractivity contribution < 1.29 is 10.2 Å². The molecule has 21 heavy (non-hydrogen) atoms. The lowest BCUT2D eigenvalue weighted by atomic mass is 9.77. The molecule has 1 atom stereocenters. The molecule has 0 radical (unpaired) electrons. The lowest BCUT2D eigenvalue weighted by molar-refractivity contribution is 0.228. The van der Waals surface area contributed by atoms with Gasteiger partial charge in [0.1, 0.15) is 0 Å². The summed E-state index contributed by atoms with van der Waals surface area (Å²) in [4.78, 5) is 2.35. The molecular weight excluding hydrogens is 286 g/mol. The standard InChI is InChI=1S/C17H16ClNO2/c1-19-5-4-10-6-11(18)8-12-15(10)13(19)7-9-2-3-14(20)17(21)16(9)12/h2-3,6,8,13,20-21H,4-5,7H2,1H3/t13-/m1/s1. The summed E-state index contributed by atoms with van der Waals surface area (Å²) < 4.78 is 0. The summed E-state index contributed by atoms with van der Waals surface area (Å²) in [7, 11) is 2.14. The first-order chi connectivity index (χ1) is 10.1. The summed E-state index contributed by atoms with van der Waals surface area (Å²) in [5.41, 5.74) is 5.27. The number of rotatable bonds is 0. The fourth-order valence-electron chi connectivity index (χ4n) is 3.71. The van der Waals surface area contributed by atoms with E-state index in [0.29, 0.717) is 11.1 Å². The Bertz CT molecular complexity index is 757. The summed E-state index contributed by atoms with van der Waals surface area (Å²) in [6.07, 6.45) is 1.81. The number of likely N-dealkylation sites (N-methyl/N-ethyl adjacent to an activating group) is 1. The van der Waals surface area contributed by atoms with Gasteiger partial charge in [0.2, 0.25) is 0 Å². The maximum Gasteiger partial charge on any atom is 0.165 e. The molecule has 108 valence electrons. The summed E-state index contributed by atoms with van der Waals surface area (Å²) in [6, 6.07) is 7.72. The van der Waals surface area contributed by atoms with Crippen molar-refractivity contribution in [2.45, 2.75) is 18.9 Å². The zero-order valence-electron chi connectivity index (χ0n) is 11.7.